The Hall–Kier alpha value is -1.07. The van der Waals surface area contributed by atoms with Crippen LogP contribution in [0.25, 0.3) is 0 Å². The fraction of sp³-hybridized carbons (Fsp3) is 0.429. The summed E-state index contributed by atoms with van der Waals surface area (Å²) in [5.74, 6) is -0.298. The van der Waals surface area contributed by atoms with Crippen LogP contribution in [0.1, 0.15) is 31.1 Å². The van der Waals surface area contributed by atoms with Gasteiger partial charge in [0.1, 0.15) is 4.32 Å². The van der Waals surface area contributed by atoms with E-state index in [2.05, 4.69) is 18.7 Å². The number of carbonyl (C=O) groups is 1. The van der Waals surface area contributed by atoms with Gasteiger partial charge in [0.15, 0.2) is 0 Å². The number of nitrogens with zero attached hydrogens (tertiary/aromatic N) is 1. The van der Waals surface area contributed by atoms with Gasteiger partial charge in [-0.05, 0) is 32.9 Å². The summed E-state index contributed by atoms with van der Waals surface area (Å²) in [7, 11) is 0. The van der Waals surface area contributed by atoms with Gasteiger partial charge in [-0.2, -0.15) is 0 Å². The van der Waals surface area contributed by atoms with Crippen LogP contribution < -0.4 is 0 Å². The molecule has 0 bridgehead atoms. The summed E-state index contributed by atoms with van der Waals surface area (Å²) in [4.78, 5) is 14.8. The molecule has 3 nitrogen and oxygen atoms in total. The highest BCUT2D eigenvalue weighted by molar-refractivity contribution is 8.23. The Morgan fingerprint density at radius 2 is 1.89 bits per heavy atom. The normalized spacial score (nSPS) is 10.1. The van der Waals surface area contributed by atoms with Crippen LogP contribution in [-0.2, 0) is 4.74 Å². The minimum atomic E-state index is -0.298. The molecule has 0 amide bonds. The van der Waals surface area contributed by atoms with Crippen molar-refractivity contribution in [2.45, 2.75) is 25.7 Å². The van der Waals surface area contributed by atoms with Gasteiger partial charge in [0.25, 0.3) is 0 Å². The van der Waals surface area contributed by atoms with Gasteiger partial charge in [-0.1, -0.05) is 36.1 Å². The summed E-state index contributed by atoms with van der Waals surface area (Å²) >= 11 is 6.84. The zero-order valence-corrected chi connectivity index (χ0v) is 13.1. The van der Waals surface area contributed by atoms with Crippen molar-refractivity contribution in [1.29, 1.82) is 0 Å². The monoisotopic (exact) mass is 297 g/mol. The summed E-state index contributed by atoms with van der Waals surface area (Å²) in [5, 5.41) is 0. The molecule has 0 aliphatic heterocycles. The van der Waals surface area contributed by atoms with Gasteiger partial charge in [-0.25, -0.2) is 4.79 Å². The van der Waals surface area contributed by atoms with Crippen molar-refractivity contribution in [3.63, 3.8) is 0 Å². The summed E-state index contributed by atoms with van der Waals surface area (Å²) in [5.41, 5.74) is 0.573. The van der Waals surface area contributed by atoms with Gasteiger partial charge in [0.05, 0.1) is 12.2 Å². The minimum absolute atomic E-state index is 0.298. The van der Waals surface area contributed by atoms with Crippen molar-refractivity contribution in [2.75, 3.05) is 19.7 Å². The summed E-state index contributed by atoms with van der Waals surface area (Å²) in [6.45, 7) is 8.03. The second-order valence-corrected chi connectivity index (χ2v) is 5.43. The van der Waals surface area contributed by atoms with Gasteiger partial charge < -0.3 is 9.64 Å². The summed E-state index contributed by atoms with van der Waals surface area (Å²) in [6, 6.07) is 7.39. The highest BCUT2D eigenvalue weighted by Crippen LogP contribution is 2.26. The lowest BCUT2D eigenvalue weighted by atomic mass is 10.2. The molecule has 1 aromatic rings. The third kappa shape index (κ3) is 4.51. The second-order valence-electron chi connectivity index (χ2n) is 3.76. The van der Waals surface area contributed by atoms with Gasteiger partial charge in [0, 0.05) is 18.0 Å². The van der Waals surface area contributed by atoms with Crippen LogP contribution in [-0.4, -0.2) is 34.9 Å². The van der Waals surface area contributed by atoms with Crippen molar-refractivity contribution >= 4 is 34.3 Å². The molecule has 0 aromatic heterocycles. The zero-order chi connectivity index (χ0) is 14.3. The quantitative estimate of drug-likeness (QED) is 0.471. The van der Waals surface area contributed by atoms with Crippen LogP contribution in [0.4, 0.5) is 0 Å². The molecule has 0 saturated carbocycles. The van der Waals surface area contributed by atoms with Gasteiger partial charge in [-0.3, -0.25) is 0 Å². The third-order valence-corrected chi connectivity index (χ3v) is 4.12. The SMILES string of the molecule is CCOC(=O)c1ccccc1SC(=S)N(CC)CC. The molecule has 0 saturated heterocycles. The van der Waals surface area contributed by atoms with Crippen molar-refractivity contribution in [3.8, 4) is 0 Å². The fourth-order valence-corrected chi connectivity index (χ4v) is 3.08. The number of carbonyl (C=O) groups excluding carboxylic acids is 1. The molecule has 104 valence electrons. The number of thiocarbonyl (C=S) groups is 1. The summed E-state index contributed by atoms with van der Waals surface area (Å²) < 4.78 is 5.83. The predicted octanol–water partition coefficient (Wildman–Crippen LogP) is 3.58. The van der Waals surface area contributed by atoms with Crippen molar-refractivity contribution in [2.24, 2.45) is 0 Å². The lowest BCUT2D eigenvalue weighted by Gasteiger charge is -2.21. The molecule has 1 rings (SSSR count). The Balaban J connectivity index is 2.89. The van der Waals surface area contributed by atoms with E-state index in [0.717, 1.165) is 22.3 Å². The average molecular weight is 297 g/mol. The molecule has 19 heavy (non-hydrogen) atoms. The molecular weight excluding hydrogens is 278 g/mol. The maximum absolute atomic E-state index is 11.9. The lowest BCUT2D eigenvalue weighted by Crippen LogP contribution is -2.26. The maximum Gasteiger partial charge on any atom is 0.339 e. The van der Waals surface area contributed by atoms with E-state index in [9.17, 15) is 4.79 Å². The first-order valence-corrected chi connectivity index (χ1v) is 7.59. The molecule has 0 heterocycles. The van der Waals surface area contributed by atoms with E-state index in [1.807, 2.05) is 18.2 Å². The Bertz CT molecular complexity index is 445. The van der Waals surface area contributed by atoms with Crippen LogP contribution in [0.15, 0.2) is 29.2 Å². The highest BCUT2D eigenvalue weighted by atomic mass is 32.2. The van der Waals surface area contributed by atoms with Gasteiger partial charge >= 0.3 is 5.97 Å². The van der Waals surface area contributed by atoms with E-state index in [4.69, 9.17) is 17.0 Å². The highest BCUT2D eigenvalue weighted by Gasteiger charge is 2.15. The second kappa shape index (κ2) is 8.17. The molecule has 0 atom stereocenters. The molecule has 0 aliphatic carbocycles. The van der Waals surface area contributed by atoms with Gasteiger partial charge in [0.2, 0.25) is 0 Å². The van der Waals surface area contributed by atoms with E-state index in [1.165, 1.54) is 11.8 Å². The first-order valence-electron chi connectivity index (χ1n) is 6.36. The number of ether oxygens (including phenoxy) is 1. The minimum Gasteiger partial charge on any atom is -0.462 e. The number of hydrogen-bond donors (Lipinski definition) is 0. The van der Waals surface area contributed by atoms with Crippen LogP contribution in [0, 0.1) is 0 Å². The van der Waals surface area contributed by atoms with E-state index in [-0.39, 0.29) is 5.97 Å². The number of thioether (sulfide) groups is 1. The zero-order valence-electron chi connectivity index (χ0n) is 11.5. The molecule has 1 aromatic carbocycles. The van der Waals surface area contributed by atoms with E-state index < -0.39 is 0 Å². The predicted molar refractivity (Wildman–Crippen MR) is 83.8 cm³/mol. The molecule has 0 spiro atoms. The fourth-order valence-electron chi connectivity index (χ4n) is 1.57. The topological polar surface area (TPSA) is 29.5 Å². The number of benzene rings is 1. The van der Waals surface area contributed by atoms with E-state index >= 15 is 0 Å². The molecular formula is C14H19NO2S2. The Morgan fingerprint density at radius 1 is 1.26 bits per heavy atom. The lowest BCUT2D eigenvalue weighted by molar-refractivity contribution is 0.0522. The van der Waals surface area contributed by atoms with Crippen molar-refractivity contribution in [3.05, 3.63) is 29.8 Å². The molecule has 0 fully saturated rings. The van der Waals surface area contributed by atoms with Crippen molar-refractivity contribution in [1.82, 2.24) is 4.90 Å². The van der Waals surface area contributed by atoms with Crippen LogP contribution >= 0.6 is 24.0 Å². The Labute approximate surface area is 124 Å². The molecule has 0 N–H and O–H groups in total. The Morgan fingerprint density at radius 3 is 2.47 bits per heavy atom. The third-order valence-electron chi connectivity index (χ3n) is 2.60. The van der Waals surface area contributed by atoms with Gasteiger partial charge in [-0.15, -0.1) is 0 Å². The molecule has 0 aliphatic rings. The summed E-state index contributed by atoms with van der Waals surface area (Å²) in [6.07, 6.45) is 0. The van der Waals surface area contributed by atoms with Crippen LogP contribution in [0.5, 0.6) is 0 Å². The molecule has 5 heteroatoms. The molecule has 0 radical (unpaired) electrons. The first kappa shape index (κ1) is 16.0. The number of hydrogen-bond acceptors (Lipinski definition) is 4. The largest absolute Gasteiger partial charge is 0.462 e. The van der Waals surface area contributed by atoms with Crippen LogP contribution in [0.3, 0.4) is 0 Å². The maximum atomic E-state index is 11.9. The smallest absolute Gasteiger partial charge is 0.339 e. The number of rotatable bonds is 5. The van der Waals surface area contributed by atoms with E-state index in [0.29, 0.717) is 12.2 Å². The molecule has 0 unspecified atom stereocenters. The van der Waals surface area contributed by atoms with Crippen molar-refractivity contribution < 1.29 is 9.53 Å². The van der Waals surface area contributed by atoms with E-state index in [1.54, 1.807) is 13.0 Å². The average Bonchev–Trinajstić information content (AvgIpc) is 2.41. The first-order chi connectivity index (χ1) is 9.13. The Kier molecular flexibility index (Phi) is 6.87. The van der Waals surface area contributed by atoms with Crippen LogP contribution in [0.2, 0.25) is 0 Å². The standard InChI is InChI=1S/C14H19NO2S2/c1-4-15(5-2)14(18)19-12-10-8-7-9-11(12)13(16)17-6-3/h7-10H,4-6H2,1-3H3. The number of esters is 1.